The zero-order valence-corrected chi connectivity index (χ0v) is 11.4. The van der Waals surface area contributed by atoms with Gasteiger partial charge in [0, 0.05) is 12.5 Å². The van der Waals surface area contributed by atoms with Crippen LogP contribution in [0.2, 0.25) is 0 Å². The lowest BCUT2D eigenvalue weighted by Gasteiger charge is -2.32. The molecule has 0 saturated heterocycles. The molecule has 4 heteroatoms. The summed E-state index contributed by atoms with van der Waals surface area (Å²) in [4.78, 5) is 4.68. The van der Waals surface area contributed by atoms with Gasteiger partial charge in [0.1, 0.15) is 0 Å². The van der Waals surface area contributed by atoms with E-state index < -0.39 is 0 Å². The number of aromatic nitrogens is 2. The first-order valence-electron chi connectivity index (χ1n) is 7.12. The summed E-state index contributed by atoms with van der Waals surface area (Å²) in [6.45, 7) is 5.14. The van der Waals surface area contributed by atoms with Crippen LogP contribution >= 0.6 is 0 Å². The Morgan fingerprint density at radius 2 is 1.94 bits per heavy atom. The second kappa shape index (κ2) is 4.05. The van der Waals surface area contributed by atoms with E-state index in [1.807, 2.05) is 0 Å². The molecule has 3 rings (SSSR count). The van der Waals surface area contributed by atoms with Gasteiger partial charge in [-0.3, -0.25) is 0 Å². The van der Waals surface area contributed by atoms with Gasteiger partial charge in [0.05, 0.1) is 5.41 Å². The second-order valence-corrected chi connectivity index (χ2v) is 6.75. The molecule has 0 bridgehead atoms. The predicted octanol–water partition coefficient (Wildman–Crippen LogP) is 2.74. The Morgan fingerprint density at radius 1 is 1.28 bits per heavy atom. The molecule has 2 N–H and O–H groups in total. The van der Waals surface area contributed by atoms with Gasteiger partial charge in [0.25, 0.3) is 0 Å². The normalized spacial score (nSPS) is 29.2. The number of nitrogens with two attached hydrogens (primary N) is 1. The highest BCUT2D eigenvalue weighted by Crippen LogP contribution is 2.57. The fourth-order valence-corrected chi connectivity index (χ4v) is 3.23. The lowest BCUT2D eigenvalue weighted by molar-refractivity contribution is 0.219. The Bertz CT molecular complexity index is 432. The molecule has 1 atom stereocenters. The van der Waals surface area contributed by atoms with Crippen LogP contribution in [0.4, 0.5) is 0 Å². The van der Waals surface area contributed by atoms with Crippen LogP contribution in [0.3, 0.4) is 0 Å². The minimum Gasteiger partial charge on any atom is -0.339 e. The molecule has 0 aromatic carbocycles. The second-order valence-electron chi connectivity index (χ2n) is 6.75. The Morgan fingerprint density at radius 3 is 2.50 bits per heavy atom. The van der Waals surface area contributed by atoms with Gasteiger partial charge in [-0.05, 0) is 24.7 Å². The monoisotopic (exact) mass is 249 g/mol. The summed E-state index contributed by atoms with van der Waals surface area (Å²) in [5.41, 5.74) is 6.31. The average molecular weight is 249 g/mol. The minimum absolute atomic E-state index is 0.0392. The van der Waals surface area contributed by atoms with Crippen molar-refractivity contribution in [3.05, 3.63) is 11.7 Å². The third kappa shape index (κ3) is 1.87. The van der Waals surface area contributed by atoms with Crippen molar-refractivity contribution in [1.82, 2.24) is 10.1 Å². The molecular formula is C14H23N3O. The lowest BCUT2D eigenvalue weighted by Crippen LogP contribution is -2.37. The quantitative estimate of drug-likeness (QED) is 0.894. The Labute approximate surface area is 108 Å². The molecule has 0 spiro atoms. The van der Waals surface area contributed by atoms with Crippen LogP contribution in [-0.2, 0) is 5.41 Å². The Hall–Kier alpha value is -0.900. The van der Waals surface area contributed by atoms with E-state index in [-0.39, 0.29) is 5.41 Å². The van der Waals surface area contributed by atoms with Gasteiger partial charge in [0.15, 0.2) is 5.82 Å². The van der Waals surface area contributed by atoms with Crippen LogP contribution in [-0.4, -0.2) is 16.7 Å². The van der Waals surface area contributed by atoms with E-state index in [4.69, 9.17) is 10.3 Å². The maximum atomic E-state index is 6.00. The summed E-state index contributed by atoms with van der Waals surface area (Å²) < 4.78 is 5.55. The summed E-state index contributed by atoms with van der Waals surface area (Å²) in [5.74, 6) is 2.17. The highest BCUT2D eigenvalue weighted by Gasteiger charge is 2.50. The molecule has 2 saturated carbocycles. The lowest BCUT2D eigenvalue weighted by atomic mass is 9.74. The first kappa shape index (κ1) is 12.2. The van der Waals surface area contributed by atoms with Crippen LogP contribution in [0.15, 0.2) is 4.52 Å². The van der Waals surface area contributed by atoms with Gasteiger partial charge in [-0.25, -0.2) is 0 Å². The molecule has 0 aliphatic heterocycles. The van der Waals surface area contributed by atoms with Gasteiger partial charge < -0.3 is 10.3 Å². The molecule has 0 amide bonds. The molecule has 2 aliphatic rings. The molecule has 2 fully saturated rings. The van der Waals surface area contributed by atoms with E-state index in [2.05, 4.69) is 24.0 Å². The smallest absolute Gasteiger partial charge is 0.234 e. The third-order valence-corrected chi connectivity index (χ3v) is 4.92. The van der Waals surface area contributed by atoms with E-state index in [0.29, 0.717) is 17.9 Å². The molecule has 4 nitrogen and oxygen atoms in total. The molecule has 1 unspecified atom stereocenters. The molecule has 18 heavy (non-hydrogen) atoms. The van der Waals surface area contributed by atoms with Crippen molar-refractivity contribution in [3.8, 4) is 0 Å². The standard InChI is InChI=1S/C14H23N3O/c1-13(2)8-10(13)11-16-12(18-17-11)14(9-15)6-4-3-5-7-14/h10H,3-9,15H2,1-2H3. The topological polar surface area (TPSA) is 64.9 Å². The van der Waals surface area contributed by atoms with E-state index in [1.54, 1.807) is 0 Å². The van der Waals surface area contributed by atoms with E-state index in [1.165, 1.54) is 25.7 Å². The summed E-state index contributed by atoms with van der Waals surface area (Å²) in [6.07, 6.45) is 7.12. The van der Waals surface area contributed by atoms with Crippen LogP contribution < -0.4 is 5.73 Å². The van der Waals surface area contributed by atoms with Gasteiger partial charge in [-0.2, -0.15) is 4.98 Å². The van der Waals surface area contributed by atoms with Crippen LogP contribution in [0.1, 0.15) is 70.0 Å². The Kier molecular flexibility index (Phi) is 2.73. The average Bonchev–Trinajstić information content (AvgIpc) is 2.81. The van der Waals surface area contributed by atoms with Crippen molar-refractivity contribution in [2.45, 2.75) is 63.7 Å². The highest BCUT2D eigenvalue weighted by molar-refractivity contribution is 5.17. The summed E-state index contributed by atoms with van der Waals surface area (Å²) in [6, 6.07) is 0. The van der Waals surface area contributed by atoms with Crippen molar-refractivity contribution in [1.29, 1.82) is 0 Å². The molecule has 1 aromatic heterocycles. The fraction of sp³-hybridized carbons (Fsp3) is 0.857. The minimum atomic E-state index is -0.0392. The molecule has 1 heterocycles. The van der Waals surface area contributed by atoms with E-state index >= 15 is 0 Å². The first-order chi connectivity index (χ1) is 8.57. The van der Waals surface area contributed by atoms with Crippen LogP contribution in [0, 0.1) is 5.41 Å². The maximum Gasteiger partial charge on any atom is 0.234 e. The molecule has 0 radical (unpaired) electrons. The molecular weight excluding hydrogens is 226 g/mol. The Balaban J connectivity index is 1.83. The number of nitrogens with zero attached hydrogens (tertiary/aromatic N) is 2. The number of hydrogen-bond donors (Lipinski definition) is 1. The van der Waals surface area contributed by atoms with Gasteiger partial charge in [-0.1, -0.05) is 38.3 Å². The fourth-order valence-electron chi connectivity index (χ4n) is 3.23. The summed E-state index contributed by atoms with van der Waals surface area (Å²) in [7, 11) is 0. The van der Waals surface area contributed by atoms with E-state index in [0.717, 1.165) is 24.6 Å². The number of hydrogen-bond acceptors (Lipinski definition) is 4. The summed E-state index contributed by atoms with van der Waals surface area (Å²) in [5, 5.41) is 4.20. The highest BCUT2D eigenvalue weighted by atomic mass is 16.5. The van der Waals surface area contributed by atoms with Gasteiger partial charge in [0.2, 0.25) is 5.89 Å². The van der Waals surface area contributed by atoms with Crippen molar-refractivity contribution in [2.24, 2.45) is 11.1 Å². The molecule has 2 aliphatic carbocycles. The predicted molar refractivity (Wildman–Crippen MR) is 69.3 cm³/mol. The SMILES string of the molecule is CC1(C)CC1c1noc(C2(CN)CCCCC2)n1. The van der Waals surface area contributed by atoms with E-state index in [9.17, 15) is 0 Å². The van der Waals surface area contributed by atoms with Crippen molar-refractivity contribution < 1.29 is 4.52 Å². The maximum absolute atomic E-state index is 6.00. The zero-order valence-electron chi connectivity index (χ0n) is 11.4. The van der Waals surface area contributed by atoms with Gasteiger partial charge in [-0.15, -0.1) is 0 Å². The molecule has 100 valence electrons. The first-order valence-corrected chi connectivity index (χ1v) is 7.12. The van der Waals surface area contributed by atoms with Gasteiger partial charge >= 0.3 is 0 Å². The third-order valence-electron chi connectivity index (χ3n) is 4.92. The van der Waals surface area contributed by atoms with Crippen molar-refractivity contribution >= 4 is 0 Å². The summed E-state index contributed by atoms with van der Waals surface area (Å²) >= 11 is 0. The van der Waals surface area contributed by atoms with Crippen molar-refractivity contribution in [3.63, 3.8) is 0 Å². The van der Waals surface area contributed by atoms with Crippen LogP contribution in [0.5, 0.6) is 0 Å². The molecule has 1 aromatic rings. The zero-order chi connectivity index (χ0) is 12.8. The van der Waals surface area contributed by atoms with Crippen LogP contribution in [0.25, 0.3) is 0 Å². The largest absolute Gasteiger partial charge is 0.339 e. The van der Waals surface area contributed by atoms with Crippen molar-refractivity contribution in [2.75, 3.05) is 6.54 Å². The number of rotatable bonds is 3.